The summed E-state index contributed by atoms with van der Waals surface area (Å²) in [6.07, 6.45) is -5.00. The highest BCUT2D eigenvalue weighted by Gasteiger charge is 2.52. The molecule has 0 unspecified atom stereocenters. The first-order chi connectivity index (χ1) is 12.4. The van der Waals surface area contributed by atoms with Crippen LogP contribution < -0.4 is 10.5 Å². The summed E-state index contributed by atoms with van der Waals surface area (Å²) >= 11 is 0. The van der Waals surface area contributed by atoms with Crippen molar-refractivity contribution in [1.29, 1.82) is 0 Å². The van der Waals surface area contributed by atoms with Crippen molar-refractivity contribution in [2.75, 3.05) is 17.9 Å². The van der Waals surface area contributed by atoms with Gasteiger partial charge < -0.3 is 14.2 Å². The Hall–Kier alpha value is -1.07. The van der Waals surface area contributed by atoms with E-state index in [-0.39, 0.29) is 5.69 Å². The van der Waals surface area contributed by atoms with Gasteiger partial charge in [-0.3, -0.25) is 4.98 Å². The molecule has 3 rings (SSSR count). The lowest BCUT2D eigenvalue weighted by atomic mass is 9.84. The Labute approximate surface area is 132 Å². The maximum Gasteiger partial charge on any atom is 0.514 e. The maximum absolute atomic E-state index is 8.08. The zero-order chi connectivity index (χ0) is 21.6. The highest BCUT2D eigenvalue weighted by Crippen LogP contribution is 2.36. The lowest BCUT2D eigenvalue weighted by Crippen LogP contribution is -2.41. The average Bonchev–Trinajstić information content (AvgIpc) is 2.78. The number of hydrogen-bond acceptors (Lipinski definition) is 4. The SMILES string of the molecule is [2H]C1([2H])N(c2ccc(B3OC(C)(C)C(C)(C)O3)nc2)C([2H])([2H])C([2H])([2H])C1([2H])[2H]. The molecule has 3 heterocycles. The summed E-state index contributed by atoms with van der Waals surface area (Å²) in [6.45, 7) is 1.68. The molecule has 0 amide bonds. The van der Waals surface area contributed by atoms with Crippen LogP contribution in [0.15, 0.2) is 18.3 Å². The Morgan fingerprint density at radius 2 is 1.75 bits per heavy atom. The quantitative estimate of drug-likeness (QED) is 0.777. The fourth-order valence-electron chi connectivity index (χ4n) is 1.96. The standard InChI is InChI=1S/C15H23BN2O2/c1-14(2)15(3,4)20-16(19-14)13-8-7-12(11-17-13)18-9-5-6-10-18/h7-8,11H,5-6,9-10H2,1-4H3/i5D2,6D2,9D2,10D2. The van der Waals surface area contributed by atoms with Crippen molar-refractivity contribution in [3.63, 3.8) is 0 Å². The lowest BCUT2D eigenvalue weighted by Gasteiger charge is -2.32. The van der Waals surface area contributed by atoms with Crippen LogP contribution in [-0.4, -0.2) is 36.3 Å². The molecule has 108 valence electrons. The van der Waals surface area contributed by atoms with Crippen LogP contribution in [0.3, 0.4) is 0 Å². The molecule has 1 aromatic rings. The molecule has 0 bridgehead atoms. The number of anilines is 1. The number of hydrogen-bond donors (Lipinski definition) is 0. The molecular formula is C15H23BN2O2. The lowest BCUT2D eigenvalue weighted by molar-refractivity contribution is 0.00578. The molecule has 2 aliphatic heterocycles. The molecule has 0 aliphatic carbocycles. The summed E-state index contributed by atoms with van der Waals surface area (Å²) in [4.78, 5) is 4.67. The van der Waals surface area contributed by atoms with Gasteiger partial charge in [-0.25, -0.2) is 0 Å². The fourth-order valence-corrected chi connectivity index (χ4v) is 1.96. The Kier molecular flexibility index (Phi) is 1.72. The monoisotopic (exact) mass is 282 g/mol. The van der Waals surface area contributed by atoms with E-state index in [4.69, 9.17) is 20.3 Å². The zero-order valence-electron chi connectivity index (χ0n) is 20.0. The number of rotatable bonds is 2. The summed E-state index contributed by atoms with van der Waals surface area (Å²) in [6, 6.07) is 2.84. The van der Waals surface area contributed by atoms with Gasteiger partial charge in [0.1, 0.15) is 0 Å². The van der Waals surface area contributed by atoms with Crippen LogP contribution in [0.2, 0.25) is 0 Å². The molecule has 0 aromatic carbocycles. The second kappa shape index (κ2) is 4.74. The molecule has 0 saturated carbocycles. The van der Waals surface area contributed by atoms with E-state index in [9.17, 15) is 0 Å². The van der Waals surface area contributed by atoms with Crippen molar-refractivity contribution in [3.8, 4) is 0 Å². The first-order valence-corrected chi connectivity index (χ1v) is 6.52. The van der Waals surface area contributed by atoms with Gasteiger partial charge in [0.2, 0.25) is 0 Å². The van der Waals surface area contributed by atoms with Gasteiger partial charge in [0, 0.05) is 30.2 Å². The van der Waals surface area contributed by atoms with Crippen molar-refractivity contribution in [2.24, 2.45) is 0 Å². The minimum absolute atomic E-state index is 0.0829. The predicted octanol–water partition coefficient (Wildman–Crippen LogP) is 1.98. The van der Waals surface area contributed by atoms with Crippen molar-refractivity contribution in [2.45, 2.75) is 51.6 Å². The van der Waals surface area contributed by atoms with E-state index >= 15 is 0 Å². The van der Waals surface area contributed by atoms with Gasteiger partial charge in [0.25, 0.3) is 0 Å². The van der Waals surface area contributed by atoms with Crippen LogP contribution in [0.1, 0.15) is 51.4 Å². The summed E-state index contributed by atoms with van der Waals surface area (Å²) in [5.74, 6) is 0. The molecule has 20 heavy (non-hydrogen) atoms. The highest BCUT2D eigenvalue weighted by atomic mass is 16.7. The maximum atomic E-state index is 8.08. The average molecular weight is 282 g/mol. The van der Waals surface area contributed by atoms with Gasteiger partial charge in [-0.05, 0) is 52.6 Å². The molecule has 0 atom stereocenters. The molecule has 2 aliphatic rings. The summed E-state index contributed by atoms with van der Waals surface area (Å²) in [7, 11) is -0.760. The summed E-state index contributed by atoms with van der Waals surface area (Å²) in [5.41, 5.74) is -0.837. The van der Waals surface area contributed by atoms with Crippen LogP contribution in [0, 0.1) is 0 Å². The predicted molar refractivity (Wildman–Crippen MR) is 81.4 cm³/mol. The highest BCUT2D eigenvalue weighted by molar-refractivity contribution is 6.61. The van der Waals surface area contributed by atoms with Crippen molar-refractivity contribution in [3.05, 3.63) is 18.3 Å². The van der Waals surface area contributed by atoms with Crippen molar-refractivity contribution >= 4 is 18.4 Å². The van der Waals surface area contributed by atoms with Crippen LogP contribution >= 0.6 is 0 Å². The molecule has 0 spiro atoms. The van der Waals surface area contributed by atoms with E-state index in [1.165, 1.54) is 18.3 Å². The summed E-state index contributed by atoms with van der Waals surface area (Å²) in [5, 5.41) is 0. The fraction of sp³-hybridized carbons (Fsp3) is 0.667. The zero-order valence-corrected chi connectivity index (χ0v) is 12.0. The third-order valence-corrected chi connectivity index (χ3v) is 3.92. The molecule has 0 N–H and O–H groups in total. The third kappa shape index (κ3) is 2.33. The Bertz CT molecular complexity index is 743. The van der Waals surface area contributed by atoms with Crippen LogP contribution in [0.4, 0.5) is 5.69 Å². The van der Waals surface area contributed by atoms with E-state index in [0.717, 1.165) is 0 Å². The third-order valence-electron chi connectivity index (χ3n) is 3.92. The second-order valence-electron chi connectivity index (χ2n) is 5.84. The molecular weight excluding hydrogens is 251 g/mol. The molecule has 1 aromatic heterocycles. The van der Waals surface area contributed by atoms with E-state index in [1.54, 1.807) is 0 Å². The number of pyridine rings is 1. The first-order valence-electron chi connectivity index (χ1n) is 10.5. The van der Waals surface area contributed by atoms with Gasteiger partial charge in [0.15, 0.2) is 0 Å². The molecule has 5 heteroatoms. The second-order valence-corrected chi connectivity index (χ2v) is 5.84. The molecule has 2 fully saturated rings. The van der Waals surface area contributed by atoms with Crippen LogP contribution in [0.5, 0.6) is 0 Å². The van der Waals surface area contributed by atoms with Crippen LogP contribution in [-0.2, 0) is 9.31 Å². The minimum Gasteiger partial charge on any atom is -0.398 e. The Morgan fingerprint density at radius 3 is 2.25 bits per heavy atom. The first kappa shape index (κ1) is 7.27. The molecule has 2 saturated heterocycles. The van der Waals surface area contributed by atoms with E-state index in [0.29, 0.717) is 10.5 Å². The van der Waals surface area contributed by atoms with E-state index in [2.05, 4.69) is 4.98 Å². The Balaban J connectivity index is 1.96. The van der Waals surface area contributed by atoms with Crippen molar-refractivity contribution < 1.29 is 20.3 Å². The minimum atomic E-state index is -3.09. The largest absolute Gasteiger partial charge is 0.514 e. The number of nitrogens with zero attached hydrogens (tertiary/aromatic N) is 2. The Morgan fingerprint density at radius 1 is 1.15 bits per heavy atom. The van der Waals surface area contributed by atoms with Crippen LogP contribution in [0.25, 0.3) is 0 Å². The van der Waals surface area contributed by atoms with Gasteiger partial charge in [-0.1, -0.05) is 0 Å². The summed E-state index contributed by atoms with van der Waals surface area (Å²) < 4.78 is 75.6. The normalized spacial score (nSPS) is 40.4. The van der Waals surface area contributed by atoms with Crippen molar-refractivity contribution in [1.82, 2.24) is 4.98 Å². The smallest absolute Gasteiger partial charge is 0.398 e. The van der Waals surface area contributed by atoms with Gasteiger partial charge in [0.05, 0.1) is 22.5 Å². The molecule has 0 radical (unpaired) electrons. The molecule has 4 nitrogen and oxygen atoms in total. The topological polar surface area (TPSA) is 34.6 Å². The van der Waals surface area contributed by atoms with E-state index in [1.807, 2.05) is 27.7 Å². The number of aromatic nitrogens is 1. The van der Waals surface area contributed by atoms with Gasteiger partial charge >= 0.3 is 7.12 Å². The van der Waals surface area contributed by atoms with Gasteiger partial charge in [-0.2, -0.15) is 0 Å². The van der Waals surface area contributed by atoms with Gasteiger partial charge in [-0.15, -0.1) is 0 Å². The van der Waals surface area contributed by atoms with E-state index < -0.39 is 44.1 Å².